The Morgan fingerprint density at radius 2 is 1.65 bits per heavy atom. The van der Waals surface area contributed by atoms with E-state index in [0.29, 0.717) is 11.4 Å². The van der Waals surface area contributed by atoms with E-state index in [1.165, 1.54) is 24.3 Å². The number of benzene rings is 2. The van der Waals surface area contributed by atoms with Crippen molar-refractivity contribution in [2.24, 2.45) is 0 Å². The number of hydrogen-bond acceptors (Lipinski definition) is 4. The summed E-state index contributed by atoms with van der Waals surface area (Å²) in [6.07, 6.45) is 0.691. The Labute approximate surface area is 143 Å². The van der Waals surface area contributed by atoms with Crippen molar-refractivity contribution < 1.29 is 19.1 Å². The van der Waals surface area contributed by atoms with E-state index in [9.17, 15) is 9.59 Å². The van der Waals surface area contributed by atoms with E-state index in [2.05, 4.69) is 0 Å². The summed E-state index contributed by atoms with van der Waals surface area (Å²) in [5.41, 5.74) is 0.244. The fourth-order valence-electron chi connectivity index (χ4n) is 1.82. The maximum absolute atomic E-state index is 12.3. The second-order valence-electron chi connectivity index (χ2n) is 4.65. The predicted octanol–water partition coefficient (Wildman–Crippen LogP) is 4.78. The fraction of sp³-hybridized carbons (Fsp3) is 0.176. The molecule has 4 nitrogen and oxygen atoms in total. The molecule has 0 saturated heterocycles. The van der Waals surface area contributed by atoms with Gasteiger partial charge in [0.1, 0.15) is 0 Å². The van der Waals surface area contributed by atoms with Gasteiger partial charge < -0.3 is 9.47 Å². The van der Waals surface area contributed by atoms with Crippen molar-refractivity contribution in [1.29, 1.82) is 0 Å². The van der Waals surface area contributed by atoms with Gasteiger partial charge in [-0.1, -0.05) is 42.3 Å². The van der Waals surface area contributed by atoms with Crippen molar-refractivity contribution in [1.82, 2.24) is 0 Å². The van der Waals surface area contributed by atoms with Gasteiger partial charge in [0.15, 0.2) is 5.75 Å². The van der Waals surface area contributed by atoms with Gasteiger partial charge in [-0.15, -0.1) is 0 Å². The highest BCUT2D eigenvalue weighted by Crippen LogP contribution is 2.28. The molecule has 0 bridgehead atoms. The van der Waals surface area contributed by atoms with Crippen LogP contribution in [0, 0.1) is 0 Å². The van der Waals surface area contributed by atoms with Crippen molar-refractivity contribution in [2.75, 3.05) is 6.61 Å². The summed E-state index contributed by atoms with van der Waals surface area (Å²) in [4.78, 5) is 24.4. The number of esters is 2. The maximum atomic E-state index is 12.3. The fourth-order valence-corrected chi connectivity index (χ4v) is 2.14. The monoisotopic (exact) mass is 352 g/mol. The first-order valence-corrected chi connectivity index (χ1v) is 7.72. The summed E-state index contributed by atoms with van der Waals surface area (Å²) < 4.78 is 10.3. The molecular formula is C17H14Cl2O4. The molecule has 0 saturated carbocycles. The van der Waals surface area contributed by atoms with Crippen LogP contribution in [0.15, 0.2) is 42.5 Å². The summed E-state index contributed by atoms with van der Waals surface area (Å²) in [6.45, 7) is 2.16. The molecule has 0 amide bonds. The van der Waals surface area contributed by atoms with Crippen molar-refractivity contribution in [3.8, 4) is 5.75 Å². The molecule has 23 heavy (non-hydrogen) atoms. The largest absolute Gasteiger partial charge is 0.462 e. The minimum Gasteiger partial charge on any atom is -0.462 e. The summed E-state index contributed by atoms with van der Waals surface area (Å²) >= 11 is 11.8. The average molecular weight is 353 g/mol. The van der Waals surface area contributed by atoms with Gasteiger partial charge in [-0.2, -0.15) is 0 Å². The molecule has 120 valence electrons. The third kappa shape index (κ3) is 4.47. The van der Waals surface area contributed by atoms with Gasteiger partial charge in [0, 0.05) is 11.1 Å². The molecule has 0 aliphatic rings. The Balaban J connectivity index is 2.26. The van der Waals surface area contributed by atoms with Crippen molar-refractivity contribution in [3.63, 3.8) is 0 Å². The molecule has 0 aromatic heterocycles. The van der Waals surface area contributed by atoms with Gasteiger partial charge in [0.2, 0.25) is 0 Å². The lowest BCUT2D eigenvalue weighted by atomic mass is 10.1. The van der Waals surface area contributed by atoms with Crippen LogP contribution in [0.1, 0.15) is 34.1 Å². The van der Waals surface area contributed by atoms with Crippen molar-refractivity contribution in [3.05, 3.63) is 63.6 Å². The Morgan fingerprint density at radius 1 is 1.00 bits per heavy atom. The van der Waals surface area contributed by atoms with Crippen LogP contribution >= 0.6 is 23.2 Å². The molecule has 0 N–H and O–H groups in total. The SMILES string of the molecule is CCCOC(=O)c1ccccc1C(=O)Oc1cc(Cl)ccc1Cl. The quantitative estimate of drug-likeness (QED) is 0.573. The highest BCUT2D eigenvalue weighted by atomic mass is 35.5. The van der Waals surface area contributed by atoms with Gasteiger partial charge in [0.05, 0.1) is 22.8 Å². The standard InChI is InChI=1S/C17H14Cl2O4/c1-2-9-22-16(20)12-5-3-4-6-13(12)17(21)23-15-10-11(18)7-8-14(15)19/h3-8,10H,2,9H2,1H3. The van der Waals surface area contributed by atoms with Gasteiger partial charge in [-0.3, -0.25) is 0 Å². The molecule has 0 spiro atoms. The second-order valence-corrected chi connectivity index (χ2v) is 5.49. The molecule has 2 aromatic carbocycles. The molecule has 0 atom stereocenters. The Morgan fingerprint density at radius 3 is 2.30 bits per heavy atom. The van der Waals surface area contributed by atoms with Crippen LogP contribution in [0.25, 0.3) is 0 Å². The van der Waals surface area contributed by atoms with E-state index < -0.39 is 11.9 Å². The molecule has 0 aliphatic carbocycles. The number of carbonyl (C=O) groups is 2. The van der Waals surface area contributed by atoms with E-state index >= 15 is 0 Å². The van der Waals surface area contributed by atoms with E-state index in [1.807, 2.05) is 6.92 Å². The van der Waals surface area contributed by atoms with Crippen LogP contribution in [0.3, 0.4) is 0 Å². The zero-order valence-electron chi connectivity index (χ0n) is 12.3. The molecule has 0 radical (unpaired) electrons. The lowest BCUT2D eigenvalue weighted by Gasteiger charge is -2.10. The summed E-state index contributed by atoms with van der Waals surface area (Å²) in [6, 6.07) is 10.8. The van der Waals surface area contributed by atoms with Crippen LogP contribution in [0.2, 0.25) is 10.0 Å². The Hall–Kier alpha value is -2.04. The Bertz CT molecular complexity index is 728. The molecule has 0 aliphatic heterocycles. The molecule has 0 unspecified atom stereocenters. The second kappa shape index (κ2) is 7.99. The van der Waals surface area contributed by atoms with E-state index in [-0.39, 0.29) is 28.5 Å². The zero-order chi connectivity index (χ0) is 16.8. The summed E-state index contributed by atoms with van der Waals surface area (Å²) in [5, 5.41) is 0.627. The zero-order valence-corrected chi connectivity index (χ0v) is 13.9. The van der Waals surface area contributed by atoms with Crippen LogP contribution < -0.4 is 4.74 Å². The minimum absolute atomic E-state index is 0.102. The molecule has 0 heterocycles. The molecule has 0 fully saturated rings. The third-order valence-electron chi connectivity index (χ3n) is 2.90. The van der Waals surface area contributed by atoms with Crippen LogP contribution in [0.5, 0.6) is 5.75 Å². The topological polar surface area (TPSA) is 52.6 Å². The summed E-state index contributed by atoms with van der Waals surface area (Å²) in [7, 11) is 0. The average Bonchev–Trinajstić information content (AvgIpc) is 2.56. The predicted molar refractivity (Wildman–Crippen MR) is 88.4 cm³/mol. The molecule has 6 heteroatoms. The van der Waals surface area contributed by atoms with Crippen molar-refractivity contribution in [2.45, 2.75) is 13.3 Å². The maximum Gasteiger partial charge on any atom is 0.344 e. The first kappa shape index (κ1) is 17.3. The van der Waals surface area contributed by atoms with Gasteiger partial charge >= 0.3 is 11.9 Å². The number of halogens is 2. The molecule has 2 rings (SSSR count). The first-order chi connectivity index (χ1) is 11.0. The highest BCUT2D eigenvalue weighted by Gasteiger charge is 2.20. The van der Waals surface area contributed by atoms with Crippen LogP contribution in [0.4, 0.5) is 0 Å². The van der Waals surface area contributed by atoms with Crippen LogP contribution in [-0.2, 0) is 4.74 Å². The first-order valence-electron chi connectivity index (χ1n) is 6.96. The highest BCUT2D eigenvalue weighted by molar-refractivity contribution is 6.34. The van der Waals surface area contributed by atoms with Gasteiger partial charge in [-0.05, 0) is 30.7 Å². The van der Waals surface area contributed by atoms with E-state index in [0.717, 1.165) is 0 Å². The third-order valence-corrected chi connectivity index (χ3v) is 3.45. The summed E-state index contributed by atoms with van der Waals surface area (Å²) in [5.74, 6) is -1.16. The number of carbonyl (C=O) groups excluding carboxylic acids is 2. The number of ether oxygens (including phenoxy) is 2. The van der Waals surface area contributed by atoms with Gasteiger partial charge in [0.25, 0.3) is 0 Å². The van der Waals surface area contributed by atoms with Crippen molar-refractivity contribution >= 4 is 35.1 Å². The van der Waals surface area contributed by atoms with Crippen LogP contribution in [-0.4, -0.2) is 18.5 Å². The van der Waals surface area contributed by atoms with E-state index in [1.54, 1.807) is 18.2 Å². The smallest absolute Gasteiger partial charge is 0.344 e. The normalized spacial score (nSPS) is 10.2. The Kier molecular flexibility index (Phi) is 6.02. The van der Waals surface area contributed by atoms with Gasteiger partial charge in [-0.25, -0.2) is 9.59 Å². The van der Waals surface area contributed by atoms with E-state index in [4.69, 9.17) is 32.7 Å². The number of hydrogen-bond donors (Lipinski definition) is 0. The lowest BCUT2D eigenvalue weighted by Crippen LogP contribution is -2.16. The molecule has 2 aromatic rings. The number of rotatable bonds is 5. The lowest BCUT2D eigenvalue weighted by molar-refractivity contribution is 0.0496. The molecular weight excluding hydrogens is 339 g/mol. The minimum atomic E-state index is -0.710.